The number of rotatable bonds is 3. The van der Waals surface area contributed by atoms with Gasteiger partial charge in [-0.2, -0.15) is 18.7 Å². The van der Waals surface area contributed by atoms with Crippen LogP contribution in [-0.2, 0) is 4.84 Å². The van der Waals surface area contributed by atoms with E-state index in [1.165, 1.54) is 12.6 Å². The third-order valence-electron chi connectivity index (χ3n) is 1.75. The summed E-state index contributed by atoms with van der Waals surface area (Å²) in [5, 5.41) is 2.28. The van der Waals surface area contributed by atoms with Gasteiger partial charge in [-0.25, -0.2) is 4.84 Å². The molecule has 1 heterocycles. The summed E-state index contributed by atoms with van der Waals surface area (Å²) in [5.74, 6) is 0. The minimum atomic E-state index is -4.29. The summed E-state index contributed by atoms with van der Waals surface area (Å²) in [7, 11) is 1.50. The first-order valence-corrected chi connectivity index (χ1v) is 4.28. The van der Waals surface area contributed by atoms with Crippen LogP contribution in [0.25, 0.3) is 0 Å². The van der Waals surface area contributed by atoms with Crippen molar-refractivity contribution in [2.75, 3.05) is 13.7 Å². The molecule has 1 aliphatic rings. The average molecular weight is 221 g/mol. The molecule has 3 N–H and O–H groups in total. The van der Waals surface area contributed by atoms with E-state index in [-0.39, 0.29) is 6.54 Å². The average Bonchev–Trinajstić information content (AvgIpc) is 2.60. The molecule has 0 fully saturated rings. The minimum Gasteiger partial charge on any atom is -0.377 e. The highest BCUT2D eigenvalue weighted by atomic mass is 19.4. The predicted octanol–water partition coefficient (Wildman–Crippen LogP) is 0.601. The van der Waals surface area contributed by atoms with Crippen molar-refractivity contribution in [2.24, 2.45) is 0 Å². The molecule has 0 aromatic heterocycles. The summed E-state index contributed by atoms with van der Waals surface area (Å²) in [6.07, 6.45) is 1.62. The lowest BCUT2D eigenvalue weighted by molar-refractivity contribution is -0.842. The zero-order valence-electron chi connectivity index (χ0n) is 8.14. The van der Waals surface area contributed by atoms with Gasteiger partial charge in [0.1, 0.15) is 11.9 Å². The summed E-state index contributed by atoms with van der Waals surface area (Å²) in [4.78, 5) is 4.63. The zero-order chi connectivity index (χ0) is 11.3. The number of alkyl halides is 3. The van der Waals surface area contributed by atoms with Crippen molar-refractivity contribution in [3.05, 3.63) is 35.7 Å². The first-order valence-electron chi connectivity index (χ1n) is 4.28. The third-order valence-corrected chi connectivity index (χ3v) is 1.75. The van der Waals surface area contributed by atoms with Gasteiger partial charge in [0.15, 0.2) is 0 Å². The number of allylic oxidation sites excluding steroid dienone is 3. The van der Waals surface area contributed by atoms with Crippen LogP contribution in [0.15, 0.2) is 35.7 Å². The number of halogens is 3. The van der Waals surface area contributed by atoms with Gasteiger partial charge < -0.3 is 5.32 Å². The summed E-state index contributed by atoms with van der Waals surface area (Å²) < 4.78 is 36.5. The van der Waals surface area contributed by atoms with Crippen LogP contribution in [0, 0.1) is 0 Å². The molecule has 0 aromatic rings. The van der Waals surface area contributed by atoms with Crippen molar-refractivity contribution in [1.82, 2.24) is 5.32 Å². The van der Waals surface area contributed by atoms with Crippen molar-refractivity contribution in [1.29, 1.82) is 0 Å². The fourth-order valence-electron chi connectivity index (χ4n) is 1.08. The molecule has 0 spiro atoms. The zero-order valence-corrected chi connectivity index (χ0v) is 8.14. The van der Waals surface area contributed by atoms with Crippen LogP contribution in [-0.4, -0.2) is 19.8 Å². The van der Waals surface area contributed by atoms with E-state index in [0.29, 0.717) is 5.57 Å². The molecule has 15 heavy (non-hydrogen) atoms. The first kappa shape index (κ1) is 11.8. The second-order valence-electron chi connectivity index (χ2n) is 2.91. The Morgan fingerprint density at radius 2 is 2.27 bits per heavy atom. The summed E-state index contributed by atoms with van der Waals surface area (Å²) in [6.45, 7) is 0.201. The smallest absolute Gasteiger partial charge is 0.377 e. The highest BCUT2D eigenvalue weighted by Crippen LogP contribution is 2.27. The Morgan fingerprint density at radius 1 is 1.53 bits per heavy atom. The summed E-state index contributed by atoms with van der Waals surface area (Å²) in [6, 6.07) is 0. The number of hydrogen-bond acceptors (Lipinski definition) is 2. The maximum absolute atomic E-state index is 12.2. The lowest BCUT2D eigenvalue weighted by atomic mass is 10.2. The first-order chi connectivity index (χ1) is 7.04. The van der Waals surface area contributed by atoms with Crippen molar-refractivity contribution >= 4 is 0 Å². The van der Waals surface area contributed by atoms with E-state index in [0.717, 1.165) is 6.08 Å². The quantitative estimate of drug-likeness (QED) is 0.685. The number of hydroxylamine groups is 1. The maximum atomic E-state index is 12.2. The Bertz CT molecular complexity index is 305. The van der Waals surface area contributed by atoms with Gasteiger partial charge in [0.2, 0.25) is 0 Å². The molecule has 1 rings (SSSR count). The molecule has 0 amide bonds. The standard InChI is InChI=1S/C9H11F3N2O/c1-15-14-4-2-3-7-5-8(13-6-7)9(10,11)12/h2-5,13-14H,6H2,1H3/p+1/b4-2-,7-3-. The van der Waals surface area contributed by atoms with Gasteiger partial charge in [-0.3, -0.25) is 0 Å². The number of hydrogen-bond donors (Lipinski definition) is 2. The van der Waals surface area contributed by atoms with Crippen LogP contribution in [0.3, 0.4) is 0 Å². The lowest BCUT2D eigenvalue weighted by Crippen LogP contribution is -2.75. The van der Waals surface area contributed by atoms with E-state index >= 15 is 0 Å². The Balaban J connectivity index is 2.58. The van der Waals surface area contributed by atoms with Crippen LogP contribution in [0.1, 0.15) is 0 Å². The largest absolute Gasteiger partial charge is 0.430 e. The van der Waals surface area contributed by atoms with Crippen LogP contribution in [0.4, 0.5) is 13.2 Å². The second kappa shape index (κ2) is 4.99. The Morgan fingerprint density at radius 3 is 2.80 bits per heavy atom. The van der Waals surface area contributed by atoms with Crippen LogP contribution >= 0.6 is 0 Å². The molecule has 0 aromatic carbocycles. The van der Waals surface area contributed by atoms with Gasteiger partial charge in [0.25, 0.3) is 0 Å². The second-order valence-corrected chi connectivity index (χ2v) is 2.91. The van der Waals surface area contributed by atoms with Gasteiger partial charge in [0.05, 0.1) is 7.11 Å². The molecule has 0 unspecified atom stereocenters. The van der Waals surface area contributed by atoms with E-state index in [4.69, 9.17) is 0 Å². The van der Waals surface area contributed by atoms with Crippen LogP contribution in [0.5, 0.6) is 0 Å². The Hall–Kier alpha value is -1.27. The van der Waals surface area contributed by atoms with E-state index in [1.54, 1.807) is 18.4 Å². The highest BCUT2D eigenvalue weighted by molar-refractivity contribution is 5.35. The number of nitrogens with one attached hydrogen (secondary N) is 1. The summed E-state index contributed by atoms with van der Waals surface area (Å²) in [5.41, 5.74) is 1.33. The number of quaternary nitrogens is 1. The molecule has 6 heteroatoms. The number of nitrogens with two attached hydrogens (primary N) is 1. The molecule has 0 atom stereocenters. The molecule has 3 nitrogen and oxygen atoms in total. The van der Waals surface area contributed by atoms with Crippen molar-refractivity contribution in [3.8, 4) is 0 Å². The molecule has 0 saturated carbocycles. The fourth-order valence-corrected chi connectivity index (χ4v) is 1.08. The van der Waals surface area contributed by atoms with Gasteiger partial charge >= 0.3 is 6.18 Å². The highest BCUT2D eigenvalue weighted by Gasteiger charge is 2.35. The third kappa shape index (κ3) is 3.77. The molecule has 1 aliphatic heterocycles. The minimum absolute atomic E-state index is 0.201. The van der Waals surface area contributed by atoms with Gasteiger partial charge in [-0.1, -0.05) is 6.08 Å². The molecule has 84 valence electrons. The van der Waals surface area contributed by atoms with E-state index in [1.807, 2.05) is 0 Å². The van der Waals surface area contributed by atoms with Gasteiger partial charge in [-0.15, -0.1) is 0 Å². The van der Waals surface area contributed by atoms with Gasteiger partial charge in [-0.05, 0) is 17.7 Å². The van der Waals surface area contributed by atoms with Crippen molar-refractivity contribution < 1.29 is 23.5 Å². The van der Waals surface area contributed by atoms with Gasteiger partial charge in [0, 0.05) is 6.54 Å². The molecule has 0 bridgehead atoms. The normalized spacial score (nSPS) is 19.7. The predicted molar refractivity (Wildman–Crippen MR) is 48.3 cm³/mol. The maximum Gasteiger partial charge on any atom is 0.430 e. The van der Waals surface area contributed by atoms with Crippen molar-refractivity contribution in [2.45, 2.75) is 6.18 Å². The van der Waals surface area contributed by atoms with E-state index in [9.17, 15) is 13.2 Å². The molecular weight excluding hydrogens is 209 g/mol. The monoisotopic (exact) mass is 221 g/mol. The fraction of sp³-hybridized carbons (Fsp3) is 0.333. The molecule has 0 saturated heterocycles. The summed E-state index contributed by atoms with van der Waals surface area (Å²) >= 11 is 0. The Labute approximate surface area is 85.2 Å². The molecular formula is C9H12F3N2O+. The van der Waals surface area contributed by atoms with Crippen molar-refractivity contribution in [3.63, 3.8) is 0 Å². The van der Waals surface area contributed by atoms with E-state index in [2.05, 4.69) is 10.2 Å². The SMILES string of the molecule is CO[NH2+]/C=C\C=C1\C=C(C(F)(F)F)NC1. The Kier molecular flexibility index (Phi) is 3.93. The lowest BCUT2D eigenvalue weighted by Gasteiger charge is -2.06. The van der Waals surface area contributed by atoms with Crippen LogP contribution < -0.4 is 10.8 Å². The van der Waals surface area contributed by atoms with E-state index < -0.39 is 11.9 Å². The topological polar surface area (TPSA) is 37.9 Å². The molecule has 0 aliphatic carbocycles. The van der Waals surface area contributed by atoms with Crippen LogP contribution in [0.2, 0.25) is 0 Å². The molecule has 0 radical (unpaired) electrons.